The molecule has 0 aromatic heterocycles. The Kier molecular flexibility index (Phi) is 5.80. The van der Waals surface area contributed by atoms with Gasteiger partial charge in [-0.3, -0.25) is 0 Å². The maximum absolute atomic E-state index is 13.6. The highest BCUT2D eigenvalue weighted by Crippen LogP contribution is 2.31. The van der Waals surface area contributed by atoms with Gasteiger partial charge in [0.15, 0.2) is 5.75 Å². The maximum Gasteiger partial charge on any atom is 0.207 e. The van der Waals surface area contributed by atoms with Gasteiger partial charge in [0.2, 0.25) is 29.1 Å². The lowest BCUT2D eigenvalue weighted by Crippen LogP contribution is -2.41. The first-order valence-corrected chi connectivity index (χ1v) is 7.36. The maximum atomic E-state index is 13.6. The SMILES string of the molecule is CN(C)CCN1CCC(Oc2c(F)c(F)c(F)c(F)c2F)CC1. The van der Waals surface area contributed by atoms with Crippen LogP contribution in [0.15, 0.2) is 0 Å². The summed E-state index contributed by atoms with van der Waals surface area (Å²) in [6, 6.07) is 0. The van der Waals surface area contributed by atoms with E-state index in [9.17, 15) is 22.0 Å². The molecule has 0 amide bonds. The third-order valence-corrected chi connectivity index (χ3v) is 3.85. The van der Waals surface area contributed by atoms with Gasteiger partial charge in [-0.2, -0.15) is 8.78 Å². The average molecular weight is 338 g/mol. The van der Waals surface area contributed by atoms with E-state index in [2.05, 4.69) is 4.90 Å². The molecule has 0 saturated carbocycles. The molecule has 23 heavy (non-hydrogen) atoms. The second kappa shape index (κ2) is 7.44. The molecule has 1 saturated heterocycles. The Labute approximate surface area is 131 Å². The van der Waals surface area contributed by atoms with Crippen LogP contribution in [0.3, 0.4) is 0 Å². The van der Waals surface area contributed by atoms with Crippen LogP contribution in [0.25, 0.3) is 0 Å². The van der Waals surface area contributed by atoms with Gasteiger partial charge in [0.25, 0.3) is 0 Å². The minimum absolute atomic E-state index is 0.465. The number of benzene rings is 1. The number of rotatable bonds is 5. The van der Waals surface area contributed by atoms with Gasteiger partial charge in [0, 0.05) is 26.2 Å². The molecule has 1 fully saturated rings. The predicted molar refractivity (Wildman–Crippen MR) is 74.9 cm³/mol. The van der Waals surface area contributed by atoms with Gasteiger partial charge in [0.1, 0.15) is 6.10 Å². The van der Waals surface area contributed by atoms with Gasteiger partial charge in [0.05, 0.1) is 0 Å². The smallest absolute Gasteiger partial charge is 0.207 e. The van der Waals surface area contributed by atoms with Crippen LogP contribution >= 0.6 is 0 Å². The lowest BCUT2D eigenvalue weighted by atomic mass is 10.1. The van der Waals surface area contributed by atoms with E-state index in [1.54, 1.807) is 0 Å². The second-order valence-corrected chi connectivity index (χ2v) is 5.86. The number of ether oxygens (including phenoxy) is 1. The number of nitrogens with zero attached hydrogens (tertiary/aromatic N) is 2. The van der Waals surface area contributed by atoms with Crippen molar-refractivity contribution in [1.29, 1.82) is 0 Å². The Balaban J connectivity index is 2.00. The molecule has 2 rings (SSSR count). The summed E-state index contributed by atoms with van der Waals surface area (Å²) in [4.78, 5) is 4.20. The summed E-state index contributed by atoms with van der Waals surface area (Å²) in [5.74, 6) is -11.2. The fourth-order valence-electron chi connectivity index (χ4n) is 2.45. The monoisotopic (exact) mass is 338 g/mol. The van der Waals surface area contributed by atoms with Gasteiger partial charge in [-0.1, -0.05) is 0 Å². The summed E-state index contributed by atoms with van der Waals surface area (Å²) in [6.07, 6.45) is 0.360. The fraction of sp³-hybridized carbons (Fsp3) is 0.600. The van der Waals surface area contributed by atoms with Gasteiger partial charge in [-0.25, -0.2) is 13.2 Å². The summed E-state index contributed by atoms with van der Waals surface area (Å²) in [7, 11) is 3.91. The third kappa shape index (κ3) is 4.11. The van der Waals surface area contributed by atoms with E-state index in [1.807, 2.05) is 19.0 Å². The molecule has 0 aliphatic carbocycles. The quantitative estimate of drug-likeness (QED) is 0.466. The molecule has 1 aliphatic heterocycles. The normalized spacial score (nSPS) is 17.0. The van der Waals surface area contributed by atoms with Crippen LogP contribution in [0.5, 0.6) is 5.75 Å². The highest BCUT2D eigenvalue weighted by atomic mass is 19.2. The van der Waals surface area contributed by atoms with Crippen molar-refractivity contribution in [2.24, 2.45) is 0 Å². The van der Waals surface area contributed by atoms with E-state index in [4.69, 9.17) is 4.74 Å². The van der Waals surface area contributed by atoms with E-state index in [0.717, 1.165) is 13.1 Å². The highest BCUT2D eigenvalue weighted by molar-refractivity contribution is 5.30. The number of halogens is 5. The molecule has 1 aromatic rings. The first-order chi connectivity index (χ1) is 10.8. The lowest BCUT2D eigenvalue weighted by Gasteiger charge is -2.32. The van der Waals surface area contributed by atoms with Gasteiger partial charge < -0.3 is 14.5 Å². The minimum atomic E-state index is -2.18. The Hall–Kier alpha value is -1.41. The van der Waals surface area contributed by atoms with E-state index < -0.39 is 40.9 Å². The molecule has 0 radical (unpaired) electrons. The van der Waals surface area contributed by atoms with Crippen molar-refractivity contribution in [3.05, 3.63) is 29.1 Å². The molecule has 130 valence electrons. The van der Waals surface area contributed by atoms with Crippen LogP contribution in [0.1, 0.15) is 12.8 Å². The van der Waals surface area contributed by atoms with Gasteiger partial charge in [-0.15, -0.1) is 0 Å². The second-order valence-electron chi connectivity index (χ2n) is 5.86. The van der Waals surface area contributed by atoms with Gasteiger partial charge in [-0.05, 0) is 26.9 Å². The van der Waals surface area contributed by atoms with E-state index >= 15 is 0 Å². The Morgan fingerprint density at radius 3 is 1.87 bits per heavy atom. The fourth-order valence-corrected chi connectivity index (χ4v) is 2.45. The van der Waals surface area contributed by atoms with Crippen LogP contribution in [0, 0.1) is 29.1 Å². The molecule has 1 aromatic carbocycles. The van der Waals surface area contributed by atoms with Crippen molar-refractivity contribution < 1.29 is 26.7 Å². The van der Waals surface area contributed by atoms with Crippen molar-refractivity contribution in [3.8, 4) is 5.75 Å². The molecule has 1 aliphatic rings. The topological polar surface area (TPSA) is 15.7 Å². The highest BCUT2D eigenvalue weighted by Gasteiger charge is 2.30. The molecule has 0 bridgehead atoms. The Morgan fingerprint density at radius 2 is 1.39 bits per heavy atom. The lowest BCUT2D eigenvalue weighted by molar-refractivity contribution is 0.0878. The molecule has 0 N–H and O–H groups in total. The number of piperidine rings is 1. The summed E-state index contributed by atoms with van der Waals surface area (Å²) >= 11 is 0. The largest absolute Gasteiger partial charge is 0.484 e. The molecular formula is C15H19F5N2O. The molecule has 3 nitrogen and oxygen atoms in total. The van der Waals surface area contributed by atoms with Crippen LogP contribution in [-0.4, -0.2) is 56.2 Å². The Morgan fingerprint density at radius 1 is 0.913 bits per heavy atom. The van der Waals surface area contributed by atoms with Crippen molar-refractivity contribution >= 4 is 0 Å². The molecule has 0 unspecified atom stereocenters. The summed E-state index contributed by atoms with van der Waals surface area (Å²) in [5.41, 5.74) is 0. The van der Waals surface area contributed by atoms with Crippen molar-refractivity contribution in [2.75, 3.05) is 40.3 Å². The first kappa shape index (κ1) is 17.9. The number of likely N-dealkylation sites (N-methyl/N-ethyl adjacent to an activating group) is 1. The van der Waals surface area contributed by atoms with Gasteiger partial charge >= 0.3 is 0 Å². The standard InChI is InChI=1S/C15H19F5N2O/c1-21(2)7-8-22-5-3-9(4-6-22)23-15-13(19)11(17)10(16)12(18)14(15)20/h9H,3-8H2,1-2H3. The van der Waals surface area contributed by atoms with Crippen LogP contribution in [-0.2, 0) is 0 Å². The summed E-state index contributed by atoms with van der Waals surface area (Å²) < 4.78 is 71.5. The van der Waals surface area contributed by atoms with E-state index in [0.29, 0.717) is 25.9 Å². The average Bonchev–Trinajstić information content (AvgIpc) is 2.54. The number of hydrogen-bond donors (Lipinski definition) is 0. The third-order valence-electron chi connectivity index (χ3n) is 3.85. The molecular weight excluding hydrogens is 319 g/mol. The molecule has 0 atom stereocenters. The van der Waals surface area contributed by atoms with Crippen molar-refractivity contribution in [1.82, 2.24) is 9.80 Å². The van der Waals surface area contributed by atoms with Crippen LogP contribution < -0.4 is 4.74 Å². The number of hydrogen-bond acceptors (Lipinski definition) is 3. The van der Waals surface area contributed by atoms with Crippen molar-refractivity contribution in [2.45, 2.75) is 18.9 Å². The molecule has 0 spiro atoms. The Bertz CT molecular complexity index is 530. The van der Waals surface area contributed by atoms with Crippen LogP contribution in [0.2, 0.25) is 0 Å². The minimum Gasteiger partial charge on any atom is -0.484 e. The first-order valence-electron chi connectivity index (χ1n) is 7.36. The van der Waals surface area contributed by atoms with E-state index in [1.165, 1.54) is 0 Å². The number of likely N-dealkylation sites (tertiary alicyclic amines) is 1. The molecule has 1 heterocycles. The summed E-state index contributed by atoms with van der Waals surface area (Å²) in [6.45, 7) is 3.02. The van der Waals surface area contributed by atoms with Crippen LogP contribution in [0.4, 0.5) is 22.0 Å². The predicted octanol–water partition coefficient (Wildman–Crippen LogP) is 2.79. The van der Waals surface area contributed by atoms with E-state index in [-0.39, 0.29) is 0 Å². The zero-order valence-corrected chi connectivity index (χ0v) is 13.0. The zero-order valence-electron chi connectivity index (χ0n) is 13.0. The van der Waals surface area contributed by atoms with Crippen molar-refractivity contribution in [3.63, 3.8) is 0 Å². The zero-order chi connectivity index (χ0) is 17.1. The summed E-state index contributed by atoms with van der Waals surface area (Å²) in [5, 5.41) is 0. The molecule has 8 heteroatoms.